The molecule has 1 N–H and O–H groups in total. The number of halogens is 1. The smallest absolute Gasteiger partial charge is 0.160 e. The zero-order valence-electron chi connectivity index (χ0n) is 14.5. The lowest BCUT2D eigenvalue weighted by atomic mass is 9.98. The molecule has 1 saturated heterocycles. The van der Waals surface area contributed by atoms with E-state index in [0.717, 1.165) is 38.0 Å². The molecule has 4 nitrogen and oxygen atoms in total. The van der Waals surface area contributed by atoms with Crippen molar-refractivity contribution in [2.45, 2.75) is 19.4 Å². The molecule has 0 bridgehead atoms. The molecule has 0 unspecified atom stereocenters. The number of methoxy groups -OCH3 is 1. The van der Waals surface area contributed by atoms with E-state index in [1.807, 2.05) is 12.1 Å². The van der Waals surface area contributed by atoms with Gasteiger partial charge in [0.15, 0.2) is 11.5 Å². The van der Waals surface area contributed by atoms with Gasteiger partial charge in [-0.15, -0.1) is 0 Å². The molecule has 1 heterocycles. The van der Waals surface area contributed by atoms with Gasteiger partial charge in [-0.05, 0) is 61.3 Å². The van der Waals surface area contributed by atoms with Gasteiger partial charge in [-0.1, -0.05) is 6.07 Å². The third kappa shape index (κ3) is 4.86. The van der Waals surface area contributed by atoms with Gasteiger partial charge in [-0.3, -0.25) is 4.90 Å². The van der Waals surface area contributed by atoms with Crippen LogP contribution in [0, 0.1) is 11.7 Å². The molecule has 0 saturated carbocycles. The second-order valence-electron chi connectivity index (χ2n) is 6.51. The summed E-state index contributed by atoms with van der Waals surface area (Å²) in [7, 11) is 1.56. The van der Waals surface area contributed by atoms with Crippen LogP contribution >= 0.6 is 0 Å². The molecule has 1 atom stereocenters. The summed E-state index contributed by atoms with van der Waals surface area (Å²) in [5, 5.41) is 9.70. The van der Waals surface area contributed by atoms with E-state index in [9.17, 15) is 9.50 Å². The number of piperidine rings is 1. The zero-order valence-corrected chi connectivity index (χ0v) is 14.5. The number of phenolic OH excluding ortho intramolecular Hbond substituents is 1. The van der Waals surface area contributed by atoms with Crippen LogP contribution in [0.25, 0.3) is 0 Å². The summed E-state index contributed by atoms with van der Waals surface area (Å²) in [6.45, 7) is 3.48. The average molecular weight is 345 g/mol. The van der Waals surface area contributed by atoms with Crippen LogP contribution in [0.4, 0.5) is 4.39 Å². The molecule has 0 aliphatic carbocycles. The summed E-state index contributed by atoms with van der Waals surface area (Å²) in [6, 6.07) is 11.6. The van der Waals surface area contributed by atoms with Crippen molar-refractivity contribution in [1.29, 1.82) is 0 Å². The van der Waals surface area contributed by atoms with Crippen molar-refractivity contribution < 1.29 is 19.0 Å². The lowest BCUT2D eigenvalue weighted by molar-refractivity contribution is 0.125. The van der Waals surface area contributed by atoms with Gasteiger partial charge in [-0.25, -0.2) is 4.39 Å². The molecular formula is C20H24FNO3. The number of phenols is 1. The molecule has 1 fully saturated rings. The summed E-state index contributed by atoms with van der Waals surface area (Å²) in [5.41, 5.74) is 1.12. The standard InChI is InChI=1S/C20H24FNO3/c1-24-20-11-15(4-9-19(20)23)12-22-10-2-3-16(13-22)14-25-18-7-5-17(21)6-8-18/h4-9,11,16,23H,2-3,10,12-14H2,1H3/t16-/m0/s1. The Morgan fingerprint density at radius 2 is 2.00 bits per heavy atom. The van der Waals surface area contributed by atoms with Gasteiger partial charge in [0.2, 0.25) is 0 Å². The molecule has 25 heavy (non-hydrogen) atoms. The maximum Gasteiger partial charge on any atom is 0.160 e. The molecule has 3 rings (SSSR count). The van der Waals surface area contributed by atoms with Crippen LogP contribution in [0.1, 0.15) is 18.4 Å². The van der Waals surface area contributed by atoms with E-state index in [-0.39, 0.29) is 11.6 Å². The predicted octanol–water partition coefficient (Wildman–Crippen LogP) is 3.83. The van der Waals surface area contributed by atoms with E-state index in [4.69, 9.17) is 9.47 Å². The fourth-order valence-electron chi connectivity index (χ4n) is 3.25. The van der Waals surface area contributed by atoms with E-state index in [2.05, 4.69) is 4.90 Å². The van der Waals surface area contributed by atoms with Crippen molar-refractivity contribution in [3.8, 4) is 17.2 Å². The molecule has 2 aromatic carbocycles. The van der Waals surface area contributed by atoms with Crippen LogP contribution in [0.2, 0.25) is 0 Å². The maximum atomic E-state index is 12.9. The Morgan fingerprint density at radius 1 is 1.20 bits per heavy atom. The second-order valence-corrected chi connectivity index (χ2v) is 6.51. The first kappa shape index (κ1) is 17.5. The molecule has 0 radical (unpaired) electrons. The fraction of sp³-hybridized carbons (Fsp3) is 0.400. The van der Waals surface area contributed by atoms with Gasteiger partial charge < -0.3 is 14.6 Å². The first-order chi connectivity index (χ1) is 12.1. The van der Waals surface area contributed by atoms with Crippen molar-refractivity contribution in [3.63, 3.8) is 0 Å². The van der Waals surface area contributed by atoms with Crippen molar-refractivity contribution in [3.05, 3.63) is 53.8 Å². The summed E-state index contributed by atoms with van der Waals surface area (Å²) in [6.07, 6.45) is 2.27. The van der Waals surface area contributed by atoms with Gasteiger partial charge in [-0.2, -0.15) is 0 Å². The first-order valence-electron chi connectivity index (χ1n) is 8.60. The first-order valence-corrected chi connectivity index (χ1v) is 8.60. The molecule has 0 amide bonds. The maximum absolute atomic E-state index is 12.9. The number of likely N-dealkylation sites (tertiary alicyclic amines) is 1. The summed E-state index contributed by atoms with van der Waals surface area (Å²) >= 11 is 0. The van der Waals surface area contributed by atoms with E-state index >= 15 is 0 Å². The SMILES string of the molecule is COc1cc(CN2CCC[C@H](COc3ccc(F)cc3)C2)ccc1O. The monoisotopic (exact) mass is 345 g/mol. The highest BCUT2D eigenvalue weighted by Crippen LogP contribution is 2.28. The Hall–Kier alpha value is -2.27. The van der Waals surface area contributed by atoms with Crippen LogP contribution in [0.3, 0.4) is 0 Å². The van der Waals surface area contributed by atoms with E-state index < -0.39 is 0 Å². The third-order valence-electron chi connectivity index (χ3n) is 4.55. The number of hydrogen-bond acceptors (Lipinski definition) is 4. The predicted molar refractivity (Wildman–Crippen MR) is 94.6 cm³/mol. The molecule has 0 spiro atoms. The topological polar surface area (TPSA) is 41.9 Å². The lowest BCUT2D eigenvalue weighted by Crippen LogP contribution is -2.37. The summed E-state index contributed by atoms with van der Waals surface area (Å²) in [4.78, 5) is 2.40. The fourth-order valence-corrected chi connectivity index (χ4v) is 3.25. The minimum Gasteiger partial charge on any atom is -0.504 e. The zero-order chi connectivity index (χ0) is 17.6. The molecule has 2 aromatic rings. The number of hydrogen-bond donors (Lipinski definition) is 1. The average Bonchev–Trinajstić information content (AvgIpc) is 2.63. The van der Waals surface area contributed by atoms with Crippen molar-refractivity contribution in [2.75, 3.05) is 26.8 Å². The Bertz CT molecular complexity index is 690. The van der Waals surface area contributed by atoms with Crippen molar-refractivity contribution >= 4 is 0 Å². The van der Waals surface area contributed by atoms with Crippen molar-refractivity contribution in [2.24, 2.45) is 5.92 Å². The molecular weight excluding hydrogens is 321 g/mol. The molecule has 1 aliphatic rings. The Balaban J connectivity index is 1.53. The number of rotatable bonds is 6. The van der Waals surface area contributed by atoms with Gasteiger partial charge in [0.1, 0.15) is 11.6 Å². The van der Waals surface area contributed by atoms with E-state index in [0.29, 0.717) is 24.0 Å². The number of aromatic hydroxyl groups is 1. The van der Waals surface area contributed by atoms with E-state index in [1.54, 1.807) is 25.3 Å². The number of ether oxygens (including phenoxy) is 2. The van der Waals surface area contributed by atoms with Crippen molar-refractivity contribution in [1.82, 2.24) is 4.90 Å². The Kier molecular flexibility index (Phi) is 5.76. The van der Waals surface area contributed by atoms with Gasteiger partial charge in [0.25, 0.3) is 0 Å². The van der Waals surface area contributed by atoms with E-state index in [1.165, 1.54) is 12.1 Å². The van der Waals surface area contributed by atoms with Crippen LogP contribution in [-0.4, -0.2) is 36.8 Å². The highest BCUT2D eigenvalue weighted by atomic mass is 19.1. The summed E-state index contributed by atoms with van der Waals surface area (Å²) in [5.74, 6) is 1.58. The Labute approximate surface area is 147 Å². The highest BCUT2D eigenvalue weighted by Gasteiger charge is 2.21. The van der Waals surface area contributed by atoms with Crippen LogP contribution in [-0.2, 0) is 6.54 Å². The molecule has 134 valence electrons. The number of nitrogens with zero attached hydrogens (tertiary/aromatic N) is 1. The van der Waals surface area contributed by atoms with Gasteiger partial charge in [0.05, 0.1) is 13.7 Å². The van der Waals surface area contributed by atoms with Gasteiger partial charge >= 0.3 is 0 Å². The van der Waals surface area contributed by atoms with Crippen LogP contribution in [0.5, 0.6) is 17.2 Å². The Morgan fingerprint density at radius 3 is 2.76 bits per heavy atom. The van der Waals surface area contributed by atoms with Gasteiger partial charge in [0, 0.05) is 19.0 Å². The second kappa shape index (κ2) is 8.21. The minimum absolute atomic E-state index is 0.162. The highest BCUT2D eigenvalue weighted by molar-refractivity contribution is 5.41. The quantitative estimate of drug-likeness (QED) is 0.864. The summed E-state index contributed by atoms with van der Waals surface area (Å²) < 4.78 is 23.9. The minimum atomic E-state index is -0.250. The lowest BCUT2D eigenvalue weighted by Gasteiger charge is -2.32. The largest absolute Gasteiger partial charge is 0.504 e. The molecule has 1 aliphatic heterocycles. The normalized spacial score (nSPS) is 18.1. The molecule has 0 aromatic heterocycles. The molecule has 5 heteroatoms. The van der Waals surface area contributed by atoms with Crippen LogP contribution < -0.4 is 9.47 Å². The number of benzene rings is 2. The van der Waals surface area contributed by atoms with Crippen LogP contribution in [0.15, 0.2) is 42.5 Å². The third-order valence-corrected chi connectivity index (χ3v) is 4.55.